The Hall–Kier alpha value is -1.49. The number of hydrogen-bond acceptors (Lipinski definition) is 4. The average Bonchev–Trinajstić information content (AvgIpc) is 1.97. The lowest BCUT2D eigenvalue weighted by Crippen LogP contribution is -1.95. The van der Waals surface area contributed by atoms with Gasteiger partial charge in [0.05, 0.1) is 9.95 Å². The lowest BCUT2D eigenvalue weighted by Gasteiger charge is -2.00. The van der Waals surface area contributed by atoms with Crippen molar-refractivity contribution in [1.29, 1.82) is 0 Å². The largest absolute Gasteiger partial charge is 0.501 e. The van der Waals surface area contributed by atoms with Crippen LogP contribution in [0.3, 0.4) is 0 Å². The third kappa shape index (κ3) is 1.26. The number of nitrogens with two attached hydrogens (primary N) is 1. The molecule has 0 heterocycles. The van der Waals surface area contributed by atoms with E-state index in [0.29, 0.717) is 0 Å². The van der Waals surface area contributed by atoms with E-state index in [2.05, 4.69) is 0 Å². The first-order valence-corrected chi connectivity index (χ1v) is 3.33. The minimum absolute atomic E-state index is 0.0871. The quantitative estimate of drug-likeness (QED) is 0.397. The van der Waals surface area contributed by atoms with Gasteiger partial charge < -0.3 is 10.8 Å². The highest BCUT2D eigenvalue weighted by Gasteiger charge is 2.19. The van der Waals surface area contributed by atoms with Gasteiger partial charge in [0, 0.05) is 0 Å². The molecule has 3 N–H and O–H groups in total. The summed E-state index contributed by atoms with van der Waals surface area (Å²) in [5.74, 6) is -0.596. The van der Waals surface area contributed by atoms with E-state index in [1.807, 2.05) is 0 Å². The number of nitro groups is 1. The van der Waals surface area contributed by atoms with Crippen molar-refractivity contribution >= 4 is 23.0 Å². The molecule has 64 valence electrons. The van der Waals surface area contributed by atoms with Crippen LogP contribution in [0, 0.1) is 10.1 Å². The molecule has 0 fully saturated rings. The van der Waals surface area contributed by atoms with E-state index < -0.39 is 16.4 Å². The fourth-order valence-electron chi connectivity index (χ4n) is 0.763. The molecule has 1 rings (SSSR count). The number of nitrogens with zero attached hydrogens (tertiary/aromatic N) is 1. The maximum atomic E-state index is 10.3. The van der Waals surface area contributed by atoms with Crippen molar-refractivity contribution in [1.82, 2.24) is 0 Å². The number of phenolic OH excluding ortho intramolecular Hbond substituents is 1. The summed E-state index contributed by atoms with van der Waals surface area (Å²) in [5.41, 5.74) is 4.57. The molecule has 5 nitrogen and oxygen atoms in total. The normalized spacial score (nSPS) is 9.75. The van der Waals surface area contributed by atoms with E-state index in [1.54, 1.807) is 0 Å². The molecule has 0 radical (unpaired) electrons. The third-order valence-corrected chi connectivity index (χ3v) is 1.62. The van der Waals surface area contributed by atoms with E-state index in [0.717, 1.165) is 0 Å². The van der Waals surface area contributed by atoms with Crippen LogP contribution in [-0.4, -0.2) is 10.0 Å². The molecule has 1 aromatic carbocycles. The molecule has 0 aliphatic rings. The van der Waals surface area contributed by atoms with Crippen LogP contribution in [0.4, 0.5) is 11.4 Å². The van der Waals surface area contributed by atoms with Gasteiger partial charge in [0.2, 0.25) is 5.75 Å². The highest BCUT2D eigenvalue weighted by atomic mass is 35.5. The van der Waals surface area contributed by atoms with Crippen LogP contribution in [0.15, 0.2) is 12.1 Å². The van der Waals surface area contributed by atoms with Gasteiger partial charge in [0.1, 0.15) is 5.69 Å². The first-order valence-electron chi connectivity index (χ1n) is 2.95. The minimum atomic E-state index is -0.781. The standard InChI is InChI=1S/C6H5ClN2O3/c7-3-1-2-4(8)5(6(3)10)9(11)12/h1-2,10H,8H2. The number of anilines is 1. The van der Waals surface area contributed by atoms with Crippen LogP contribution in [0.2, 0.25) is 5.02 Å². The third-order valence-electron chi connectivity index (χ3n) is 1.32. The molecule has 0 saturated carbocycles. The average molecular weight is 189 g/mol. The Kier molecular flexibility index (Phi) is 2.05. The Morgan fingerprint density at radius 3 is 2.58 bits per heavy atom. The topological polar surface area (TPSA) is 89.4 Å². The fourth-order valence-corrected chi connectivity index (χ4v) is 0.915. The van der Waals surface area contributed by atoms with Crippen LogP contribution >= 0.6 is 11.6 Å². The molecule has 0 saturated heterocycles. The zero-order valence-electron chi connectivity index (χ0n) is 5.82. The number of aromatic hydroxyl groups is 1. The summed E-state index contributed by atoms with van der Waals surface area (Å²) < 4.78 is 0. The monoisotopic (exact) mass is 188 g/mol. The second kappa shape index (κ2) is 2.86. The maximum absolute atomic E-state index is 10.3. The van der Waals surface area contributed by atoms with Crippen molar-refractivity contribution in [2.75, 3.05) is 5.73 Å². The zero-order valence-corrected chi connectivity index (χ0v) is 6.58. The highest BCUT2D eigenvalue weighted by molar-refractivity contribution is 6.32. The van der Waals surface area contributed by atoms with Crippen LogP contribution in [0.1, 0.15) is 0 Å². The lowest BCUT2D eigenvalue weighted by atomic mass is 10.2. The molecule has 0 bridgehead atoms. The molecule has 0 aromatic heterocycles. The van der Waals surface area contributed by atoms with Gasteiger partial charge in [-0.2, -0.15) is 0 Å². The molecule has 0 aliphatic carbocycles. The summed E-state index contributed by atoms with van der Waals surface area (Å²) in [4.78, 5) is 9.52. The molecule has 12 heavy (non-hydrogen) atoms. The van der Waals surface area contributed by atoms with Gasteiger partial charge >= 0.3 is 5.69 Å². The first kappa shape index (κ1) is 8.61. The summed E-state index contributed by atoms with van der Waals surface area (Å²) in [5, 5.41) is 19.3. The van der Waals surface area contributed by atoms with Crippen LogP contribution in [0.25, 0.3) is 0 Å². The molecule has 0 atom stereocenters. The first-order chi connectivity index (χ1) is 5.54. The van der Waals surface area contributed by atoms with Gasteiger partial charge in [-0.25, -0.2) is 0 Å². The number of nitro benzene ring substituents is 1. The Balaban J connectivity index is 3.43. The van der Waals surface area contributed by atoms with E-state index in [-0.39, 0.29) is 10.7 Å². The highest BCUT2D eigenvalue weighted by Crippen LogP contribution is 2.37. The predicted molar refractivity (Wildman–Crippen MR) is 44.2 cm³/mol. The van der Waals surface area contributed by atoms with E-state index >= 15 is 0 Å². The Bertz CT molecular complexity index is 340. The van der Waals surface area contributed by atoms with E-state index in [4.69, 9.17) is 22.4 Å². The van der Waals surface area contributed by atoms with Gasteiger partial charge in [-0.15, -0.1) is 0 Å². The summed E-state index contributed by atoms with van der Waals surface area (Å²) >= 11 is 5.42. The number of benzene rings is 1. The van der Waals surface area contributed by atoms with Crippen LogP contribution in [-0.2, 0) is 0 Å². The van der Waals surface area contributed by atoms with Gasteiger partial charge in [-0.3, -0.25) is 10.1 Å². The van der Waals surface area contributed by atoms with Crippen LogP contribution < -0.4 is 5.73 Å². The van der Waals surface area contributed by atoms with E-state index in [9.17, 15) is 10.1 Å². The van der Waals surface area contributed by atoms with Gasteiger partial charge in [0.15, 0.2) is 0 Å². The van der Waals surface area contributed by atoms with Crippen LogP contribution in [0.5, 0.6) is 5.75 Å². The van der Waals surface area contributed by atoms with Gasteiger partial charge in [-0.1, -0.05) is 11.6 Å². The number of rotatable bonds is 1. The maximum Gasteiger partial charge on any atom is 0.334 e. The van der Waals surface area contributed by atoms with Crippen molar-refractivity contribution in [3.05, 3.63) is 27.3 Å². The van der Waals surface area contributed by atoms with Crippen molar-refractivity contribution in [3.8, 4) is 5.75 Å². The molecule has 6 heteroatoms. The summed E-state index contributed by atoms with van der Waals surface area (Å²) in [6.45, 7) is 0. The van der Waals surface area contributed by atoms with Crippen molar-refractivity contribution < 1.29 is 10.0 Å². The number of hydrogen-bond donors (Lipinski definition) is 2. The fraction of sp³-hybridized carbons (Fsp3) is 0. The second-order valence-electron chi connectivity index (χ2n) is 2.09. The molecule has 0 spiro atoms. The van der Waals surface area contributed by atoms with Crippen molar-refractivity contribution in [2.45, 2.75) is 0 Å². The Morgan fingerprint density at radius 1 is 1.58 bits per heavy atom. The van der Waals surface area contributed by atoms with Gasteiger partial charge in [0.25, 0.3) is 0 Å². The molecule has 0 amide bonds. The molecular formula is C6H5ClN2O3. The molecule has 0 aliphatic heterocycles. The number of nitrogen functional groups attached to an aromatic ring is 1. The molecular weight excluding hydrogens is 184 g/mol. The number of halogens is 1. The summed E-state index contributed by atoms with van der Waals surface area (Å²) in [7, 11) is 0. The van der Waals surface area contributed by atoms with E-state index in [1.165, 1.54) is 12.1 Å². The SMILES string of the molecule is Nc1ccc(Cl)c(O)c1[N+](=O)[O-]. The zero-order chi connectivity index (χ0) is 9.30. The smallest absolute Gasteiger partial charge is 0.334 e. The van der Waals surface area contributed by atoms with Crippen molar-refractivity contribution in [2.24, 2.45) is 0 Å². The minimum Gasteiger partial charge on any atom is -0.501 e. The Morgan fingerprint density at radius 2 is 2.17 bits per heavy atom. The lowest BCUT2D eigenvalue weighted by molar-refractivity contribution is -0.384. The summed E-state index contributed by atoms with van der Waals surface area (Å²) in [6.07, 6.45) is 0. The molecule has 0 unspecified atom stereocenters. The second-order valence-corrected chi connectivity index (χ2v) is 2.50. The van der Waals surface area contributed by atoms with Gasteiger partial charge in [-0.05, 0) is 12.1 Å². The Labute approximate surface area is 72.5 Å². The predicted octanol–water partition coefficient (Wildman–Crippen LogP) is 1.54. The number of phenols is 1. The summed E-state index contributed by atoms with van der Waals surface area (Å²) in [6, 6.07) is 2.55. The van der Waals surface area contributed by atoms with Crippen molar-refractivity contribution in [3.63, 3.8) is 0 Å². The molecule has 1 aromatic rings.